The maximum Gasteiger partial charge on any atom is 0.347 e. The number of nitrogens with zero attached hydrogens (tertiary/aromatic N) is 2. The molecule has 1 aromatic carbocycles. The molecule has 2 aromatic rings. The van der Waals surface area contributed by atoms with Crippen LogP contribution in [0.15, 0.2) is 41.5 Å². The van der Waals surface area contributed by atoms with Crippen molar-refractivity contribution in [1.29, 1.82) is 0 Å². The zero-order chi connectivity index (χ0) is 12.4. The van der Waals surface area contributed by atoms with E-state index in [-0.39, 0.29) is 5.69 Å². The van der Waals surface area contributed by atoms with Gasteiger partial charge < -0.3 is 5.32 Å². The van der Waals surface area contributed by atoms with E-state index >= 15 is 0 Å². The lowest BCUT2D eigenvalue weighted by Gasteiger charge is -2.14. The van der Waals surface area contributed by atoms with Crippen LogP contribution in [-0.4, -0.2) is 27.9 Å². The van der Waals surface area contributed by atoms with Crippen LogP contribution in [-0.2, 0) is 0 Å². The van der Waals surface area contributed by atoms with Gasteiger partial charge in [-0.05, 0) is 36.2 Å². The van der Waals surface area contributed by atoms with Crippen LogP contribution in [0.3, 0.4) is 0 Å². The quantitative estimate of drug-likeness (QED) is 0.823. The summed E-state index contributed by atoms with van der Waals surface area (Å²) in [6.07, 6.45) is 4.74. The molecular weight excluding hydrogens is 228 g/mol. The minimum absolute atomic E-state index is 0.219. The molecule has 92 valence electrons. The van der Waals surface area contributed by atoms with Crippen LogP contribution in [0.1, 0.15) is 12.0 Å². The van der Waals surface area contributed by atoms with Crippen molar-refractivity contribution in [3.05, 3.63) is 52.7 Å². The zero-order valence-corrected chi connectivity index (χ0v) is 9.89. The average molecular weight is 242 g/mol. The summed E-state index contributed by atoms with van der Waals surface area (Å²) in [4.78, 5) is 11.4. The molecule has 0 bridgehead atoms. The summed E-state index contributed by atoms with van der Waals surface area (Å²) in [7, 11) is 0. The van der Waals surface area contributed by atoms with Crippen LogP contribution < -0.4 is 11.0 Å². The number of hydrogen-bond acceptors (Lipinski definition) is 3. The van der Waals surface area contributed by atoms with E-state index in [9.17, 15) is 4.79 Å². The van der Waals surface area contributed by atoms with Gasteiger partial charge in [0.05, 0.1) is 5.69 Å². The van der Waals surface area contributed by atoms with Gasteiger partial charge in [-0.2, -0.15) is 5.10 Å². The van der Waals surface area contributed by atoms with Gasteiger partial charge in [0.25, 0.3) is 0 Å². The largest absolute Gasteiger partial charge is 0.347 e. The molecule has 0 unspecified atom stereocenters. The van der Waals surface area contributed by atoms with E-state index in [1.54, 1.807) is 0 Å². The molecule has 5 heteroatoms. The molecule has 0 saturated carbocycles. The van der Waals surface area contributed by atoms with E-state index < -0.39 is 0 Å². The second-order valence-corrected chi connectivity index (χ2v) is 4.26. The van der Waals surface area contributed by atoms with Gasteiger partial charge in [-0.1, -0.05) is 18.2 Å². The third kappa shape index (κ3) is 2.00. The Kier molecular flexibility index (Phi) is 2.82. The fraction of sp³-hybridized carbons (Fsp3) is 0.231. The van der Waals surface area contributed by atoms with Crippen LogP contribution in [0.4, 0.5) is 0 Å². The van der Waals surface area contributed by atoms with Crippen molar-refractivity contribution >= 4 is 5.57 Å². The maximum atomic E-state index is 11.4. The molecule has 1 aromatic heterocycles. The summed E-state index contributed by atoms with van der Waals surface area (Å²) < 4.78 is 1.49. The highest BCUT2D eigenvalue weighted by Gasteiger charge is 2.06. The number of hydrogen-bond donors (Lipinski definition) is 2. The van der Waals surface area contributed by atoms with Crippen LogP contribution >= 0.6 is 0 Å². The molecular formula is C13H14N4O. The highest BCUT2D eigenvalue weighted by molar-refractivity contribution is 5.67. The minimum atomic E-state index is -0.219. The average Bonchev–Trinajstić information content (AvgIpc) is 2.86. The van der Waals surface area contributed by atoms with Crippen molar-refractivity contribution in [3.63, 3.8) is 0 Å². The summed E-state index contributed by atoms with van der Waals surface area (Å²) in [5, 5.41) is 9.39. The van der Waals surface area contributed by atoms with Gasteiger partial charge in [-0.15, -0.1) is 0 Å². The molecule has 3 rings (SSSR count). The molecule has 0 aliphatic carbocycles. The second-order valence-electron chi connectivity index (χ2n) is 4.26. The molecule has 2 N–H and O–H groups in total. The third-order valence-corrected chi connectivity index (χ3v) is 3.13. The molecule has 0 amide bonds. The molecule has 1 aliphatic heterocycles. The molecule has 18 heavy (non-hydrogen) atoms. The van der Waals surface area contributed by atoms with E-state index in [0.29, 0.717) is 0 Å². The summed E-state index contributed by atoms with van der Waals surface area (Å²) >= 11 is 0. The lowest BCUT2D eigenvalue weighted by Crippen LogP contribution is -2.20. The number of rotatable bonds is 2. The Bertz CT molecular complexity index is 621. The summed E-state index contributed by atoms with van der Waals surface area (Å²) in [6.45, 7) is 1.95. The maximum absolute atomic E-state index is 11.4. The second kappa shape index (κ2) is 4.62. The van der Waals surface area contributed by atoms with Gasteiger partial charge in [0.2, 0.25) is 0 Å². The molecule has 2 heterocycles. The molecule has 0 saturated heterocycles. The van der Waals surface area contributed by atoms with Gasteiger partial charge in [0.1, 0.15) is 6.33 Å². The minimum Gasteiger partial charge on any atom is -0.313 e. The summed E-state index contributed by atoms with van der Waals surface area (Å²) in [5.41, 5.74) is 3.19. The molecule has 0 atom stereocenters. The highest BCUT2D eigenvalue weighted by atomic mass is 16.1. The van der Waals surface area contributed by atoms with E-state index in [0.717, 1.165) is 25.2 Å². The molecule has 5 nitrogen and oxygen atoms in total. The fourth-order valence-corrected chi connectivity index (χ4v) is 2.15. The normalized spacial score (nSPS) is 15.4. The SMILES string of the molecule is O=c1[nH]ncn1-c1ccc(C2=CCNCC2)cc1. The van der Waals surface area contributed by atoms with Crippen molar-refractivity contribution in [1.82, 2.24) is 20.1 Å². The van der Waals surface area contributed by atoms with Crippen molar-refractivity contribution in [3.8, 4) is 5.69 Å². The van der Waals surface area contributed by atoms with Crippen LogP contribution in [0.5, 0.6) is 0 Å². The molecule has 1 aliphatic rings. The Hall–Kier alpha value is -2.14. The van der Waals surface area contributed by atoms with E-state index in [1.165, 1.54) is 22.0 Å². The molecule has 0 spiro atoms. The first-order chi connectivity index (χ1) is 8.84. The Morgan fingerprint density at radius 2 is 2.06 bits per heavy atom. The number of H-pyrrole nitrogens is 1. The predicted octanol–water partition coefficient (Wildman–Crippen LogP) is 0.937. The first-order valence-electron chi connectivity index (χ1n) is 5.97. The third-order valence-electron chi connectivity index (χ3n) is 3.13. The first kappa shape index (κ1) is 11.0. The number of aromatic nitrogens is 3. The Labute approximate surface area is 104 Å². The number of aromatic amines is 1. The first-order valence-corrected chi connectivity index (χ1v) is 5.97. The number of nitrogens with one attached hydrogen (secondary N) is 2. The predicted molar refractivity (Wildman–Crippen MR) is 69.6 cm³/mol. The Morgan fingerprint density at radius 3 is 2.67 bits per heavy atom. The molecule has 0 radical (unpaired) electrons. The van der Waals surface area contributed by atoms with Gasteiger partial charge in [-0.3, -0.25) is 0 Å². The number of benzene rings is 1. The van der Waals surface area contributed by atoms with Gasteiger partial charge in [0.15, 0.2) is 0 Å². The van der Waals surface area contributed by atoms with E-state index in [1.807, 2.05) is 24.3 Å². The van der Waals surface area contributed by atoms with Crippen molar-refractivity contribution < 1.29 is 0 Å². The Balaban J connectivity index is 1.92. The van der Waals surface area contributed by atoms with E-state index in [4.69, 9.17) is 0 Å². The lowest BCUT2D eigenvalue weighted by atomic mass is 10.0. The van der Waals surface area contributed by atoms with Crippen LogP contribution in [0.25, 0.3) is 11.3 Å². The monoisotopic (exact) mass is 242 g/mol. The Morgan fingerprint density at radius 1 is 1.22 bits per heavy atom. The zero-order valence-electron chi connectivity index (χ0n) is 9.89. The van der Waals surface area contributed by atoms with Gasteiger partial charge in [-0.25, -0.2) is 14.5 Å². The summed E-state index contributed by atoms with van der Waals surface area (Å²) in [5.74, 6) is 0. The van der Waals surface area contributed by atoms with Crippen molar-refractivity contribution in [2.45, 2.75) is 6.42 Å². The van der Waals surface area contributed by atoms with Gasteiger partial charge >= 0.3 is 5.69 Å². The van der Waals surface area contributed by atoms with Crippen LogP contribution in [0.2, 0.25) is 0 Å². The smallest absolute Gasteiger partial charge is 0.313 e. The van der Waals surface area contributed by atoms with Crippen LogP contribution in [0, 0.1) is 0 Å². The topological polar surface area (TPSA) is 62.7 Å². The fourth-order valence-electron chi connectivity index (χ4n) is 2.15. The van der Waals surface area contributed by atoms with Gasteiger partial charge in [0, 0.05) is 6.54 Å². The standard InChI is InChI=1S/C13H14N4O/c18-13-16-15-9-17(13)12-3-1-10(2-4-12)11-5-7-14-8-6-11/h1-5,9,14H,6-8H2,(H,16,18). The molecule has 0 fully saturated rings. The van der Waals surface area contributed by atoms with Crippen molar-refractivity contribution in [2.75, 3.05) is 13.1 Å². The summed E-state index contributed by atoms with van der Waals surface area (Å²) in [6, 6.07) is 7.97. The lowest BCUT2D eigenvalue weighted by molar-refractivity contribution is 0.738. The van der Waals surface area contributed by atoms with E-state index in [2.05, 4.69) is 21.6 Å². The van der Waals surface area contributed by atoms with Crippen molar-refractivity contribution in [2.24, 2.45) is 0 Å². The highest BCUT2D eigenvalue weighted by Crippen LogP contribution is 2.20.